The first-order valence-electron chi connectivity index (χ1n) is 13.7. The van der Waals surface area contributed by atoms with Gasteiger partial charge in [0, 0.05) is 31.6 Å². The average Bonchev–Trinajstić information content (AvgIpc) is 3.51. The highest BCUT2D eigenvalue weighted by molar-refractivity contribution is 5.89. The van der Waals surface area contributed by atoms with Gasteiger partial charge in [-0.2, -0.15) is 0 Å². The number of likely N-dealkylation sites (tertiary alicyclic amines) is 1. The maximum Gasteiger partial charge on any atom is 0.407 e. The second-order valence-corrected chi connectivity index (χ2v) is 10.9. The van der Waals surface area contributed by atoms with E-state index in [1.54, 1.807) is 13.8 Å². The van der Waals surface area contributed by atoms with E-state index in [9.17, 15) is 19.5 Å². The van der Waals surface area contributed by atoms with Gasteiger partial charge < -0.3 is 20.5 Å². The van der Waals surface area contributed by atoms with Crippen molar-refractivity contribution in [3.63, 3.8) is 0 Å². The fourth-order valence-corrected chi connectivity index (χ4v) is 5.72. The number of benzene rings is 3. The molecule has 8 heteroatoms. The number of carbonyl (C=O) groups excluding carboxylic acids is 2. The molecule has 3 N–H and O–H groups in total. The van der Waals surface area contributed by atoms with Crippen LogP contribution in [-0.4, -0.2) is 59.3 Å². The molecular formula is C32H35N3O5. The molecule has 1 aliphatic heterocycles. The number of carboxylic acids is 1. The number of carboxylic acid groups (broad SMARTS) is 1. The quantitative estimate of drug-likeness (QED) is 0.371. The Balaban J connectivity index is 1.16. The molecule has 0 radical (unpaired) electrons. The molecule has 3 unspecified atom stereocenters. The second kappa shape index (κ2) is 11.5. The second-order valence-electron chi connectivity index (χ2n) is 10.9. The van der Waals surface area contributed by atoms with Gasteiger partial charge in [0.15, 0.2) is 5.54 Å². The number of hydrogen-bond donors (Lipinski definition) is 3. The SMILES string of the molecule is CC(NC(=O)OCC1c2ccccc2-c2ccccc21)C(C)C(=O)NC1(C(=O)O)CCN(Cc2ccccc2)C1. The number of alkyl carbamates (subject to hydrolysis) is 1. The van der Waals surface area contributed by atoms with Crippen molar-refractivity contribution in [1.29, 1.82) is 0 Å². The number of ether oxygens (including phenoxy) is 1. The van der Waals surface area contributed by atoms with Crippen LogP contribution in [0, 0.1) is 5.92 Å². The zero-order chi connectivity index (χ0) is 28.3. The maximum absolute atomic E-state index is 13.2. The monoisotopic (exact) mass is 541 g/mol. The summed E-state index contributed by atoms with van der Waals surface area (Å²) < 4.78 is 5.62. The van der Waals surface area contributed by atoms with Crippen molar-refractivity contribution in [2.24, 2.45) is 5.92 Å². The zero-order valence-electron chi connectivity index (χ0n) is 22.8. The van der Waals surface area contributed by atoms with E-state index < -0.39 is 35.5 Å². The Morgan fingerprint density at radius 3 is 2.17 bits per heavy atom. The van der Waals surface area contributed by atoms with E-state index in [4.69, 9.17) is 4.74 Å². The van der Waals surface area contributed by atoms with Crippen LogP contribution >= 0.6 is 0 Å². The predicted octanol–water partition coefficient (Wildman–Crippen LogP) is 4.40. The third-order valence-electron chi connectivity index (χ3n) is 8.22. The summed E-state index contributed by atoms with van der Waals surface area (Å²) in [5.74, 6) is -2.21. The number of fused-ring (bicyclic) bond motifs is 3. The van der Waals surface area contributed by atoms with Crippen molar-refractivity contribution in [3.05, 3.63) is 95.6 Å². The van der Waals surface area contributed by atoms with E-state index in [1.165, 1.54) is 0 Å². The molecule has 1 fully saturated rings. The summed E-state index contributed by atoms with van der Waals surface area (Å²) in [6.45, 7) is 4.95. The van der Waals surface area contributed by atoms with Gasteiger partial charge in [-0.3, -0.25) is 9.69 Å². The van der Waals surface area contributed by atoms with E-state index in [1.807, 2.05) is 59.5 Å². The van der Waals surface area contributed by atoms with Crippen LogP contribution < -0.4 is 10.6 Å². The third-order valence-corrected chi connectivity index (χ3v) is 8.22. The summed E-state index contributed by atoms with van der Waals surface area (Å²) in [4.78, 5) is 40.2. The van der Waals surface area contributed by atoms with Crippen LogP contribution in [0.4, 0.5) is 4.79 Å². The summed E-state index contributed by atoms with van der Waals surface area (Å²) in [5, 5.41) is 15.6. The average molecular weight is 542 g/mol. The van der Waals surface area contributed by atoms with Gasteiger partial charge >= 0.3 is 12.1 Å². The summed E-state index contributed by atoms with van der Waals surface area (Å²) in [7, 11) is 0. The van der Waals surface area contributed by atoms with Gasteiger partial charge in [0.25, 0.3) is 0 Å². The van der Waals surface area contributed by atoms with Crippen LogP contribution in [0.1, 0.15) is 42.9 Å². The van der Waals surface area contributed by atoms with Gasteiger partial charge in [0.1, 0.15) is 6.61 Å². The lowest BCUT2D eigenvalue weighted by Crippen LogP contribution is -2.58. The Kier molecular flexibility index (Phi) is 7.89. The first kappa shape index (κ1) is 27.4. The van der Waals surface area contributed by atoms with E-state index >= 15 is 0 Å². The lowest BCUT2D eigenvalue weighted by atomic mass is 9.95. The van der Waals surface area contributed by atoms with Gasteiger partial charge in [-0.05, 0) is 41.2 Å². The molecule has 1 aliphatic carbocycles. The fraction of sp³-hybridized carbons (Fsp3) is 0.344. The molecule has 0 aromatic heterocycles. The van der Waals surface area contributed by atoms with Crippen LogP contribution in [0.25, 0.3) is 11.1 Å². The molecule has 3 aromatic rings. The Morgan fingerprint density at radius 1 is 0.950 bits per heavy atom. The molecule has 1 heterocycles. The van der Waals surface area contributed by atoms with Crippen molar-refractivity contribution in [2.75, 3.05) is 19.7 Å². The predicted molar refractivity (Wildman–Crippen MR) is 152 cm³/mol. The standard InChI is InChI=1S/C32H35N3O5/c1-21(29(36)34-32(30(37)38)16-17-35(20-32)18-23-10-4-3-5-11-23)22(2)33-31(39)40-19-28-26-14-8-6-12-24(26)25-13-7-9-15-27(25)28/h3-15,21-22,28H,16-20H2,1-2H3,(H,33,39)(H,34,36)(H,37,38). The van der Waals surface area contributed by atoms with Crippen LogP contribution in [0.15, 0.2) is 78.9 Å². The van der Waals surface area contributed by atoms with Gasteiger partial charge in [0.2, 0.25) is 5.91 Å². The van der Waals surface area contributed by atoms with E-state index in [0.717, 1.165) is 27.8 Å². The van der Waals surface area contributed by atoms with Crippen LogP contribution in [0.3, 0.4) is 0 Å². The summed E-state index contributed by atoms with van der Waals surface area (Å²) in [6.07, 6.45) is -0.307. The highest BCUT2D eigenvalue weighted by Crippen LogP contribution is 2.44. The number of hydrogen-bond acceptors (Lipinski definition) is 5. The molecule has 8 nitrogen and oxygen atoms in total. The van der Waals surface area contributed by atoms with Crippen molar-refractivity contribution < 1.29 is 24.2 Å². The highest BCUT2D eigenvalue weighted by atomic mass is 16.5. The van der Waals surface area contributed by atoms with Crippen LogP contribution in [0.2, 0.25) is 0 Å². The smallest absolute Gasteiger partial charge is 0.407 e. The Labute approximate surface area is 234 Å². The number of carbonyl (C=O) groups is 3. The molecule has 0 bridgehead atoms. The number of aliphatic carboxylic acids is 1. The van der Waals surface area contributed by atoms with Gasteiger partial charge in [-0.15, -0.1) is 0 Å². The minimum atomic E-state index is -1.37. The third kappa shape index (κ3) is 5.58. The molecule has 1 saturated heterocycles. The minimum Gasteiger partial charge on any atom is -0.479 e. The zero-order valence-corrected chi connectivity index (χ0v) is 22.8. The lowest BCUT2D eigenvalue weighted by molar-refractivity contribution is -0.147. The lowest BCUT2D eigenvalue weighted by Gasteiger charge is -2.29. The first-order valence-corrected chi connectivity index (χ1v) is 13.7. The summed E-state index contributed by atoms with van der Waals surface area (Å²) in [6, 6.07) is 25.5. The van der Waals surface area contributed by atoms with Crippen molar-refractivity contribution in [2.45, 2.75) is 44.3 Å². The molecule has 0 saturated carbocycles. The van der Waals surface area contributed by atoms with Gasteiger partial charge in [-0.25, -0.2) is 9.59 Å². The Bertz CT molecular complexity index is 1350. The number of rotatable bonds is 9. The van der Waals surface area contributed by atoms with E-state index in [0.29, 0.717) is 19.5 Å². The fourth-order valence-electron chi connectivity index (χ4n) is 5.72. The molecule has 5 rings (SSSR count). The number of amides is 2. The maximum atomic E-state index is 13.2. The van der Waals surface area contributed by atoms with Gasteiger partial charge in [0.05, 0.1) is 5.92 Å². The van der Waals surface area contributed by atoms with Crippen molar-refractivity contribution in [1.82, 2.24) is 15.5 Å². The van der Waals surface area contributed by atoms with E-state index in [-0.39, 0.29) is 19.1 Å². The molecule has 3 aromatic carbocycles. The highest BCUT2D eigenvalue weighted by Gasteiger charge is 2.47. The molecule has 40 heavy (non-hydrogen) atoms. The van der Waals surface area contributed by atoms with Crippen molar-refractivity contribution in [3.8, 4) is 11.1 Å². The molecule has 0 spiro atoms. The minimum absolute atomic E-state index is 0.0641. The first-order chi connectivity index (χ1) is 19.3. The summed E-state index contributed by atoms with van der Waals surface area (Å²) in [5.41, 5.74) is 4.25. The Morgan fingerprint density at radius 2 is 1.55 bits per heavy atom. The van der Waals surface area contributed by atoms with Gasteiger partial charge in [-0.1, -0.05) is 85.8 Å². The van der Waals surface area contributed by atoms with E-state index in [2.05, 4.69) is 34.9 Å². The number of nitrogens with zero attached hydrogens (tertiary/aromatic N) is 1. The Hall–Kier alpha value is -4.17. The van der Waals surface area contributed by atoms with Crippen molar-refractivity contribution >= 4 is 18.0 Å². The number of nitrogens with one attached hydrogen (secondary N) is 2. The van der Waals surface area contributed by atoms with Crippen LogP contribution in [0.5, 0.6) is 0 Å². The summed E-state index contributed by atoms with van der Waals surface area (Å²) >= 11 is 0. The molecule has 2 amide bonds. The molecule has 2 aliphatic rings. The normalized spacial score (nSPS) is 19.8. The molecule has 208 valence electrons. The topological polar surface area (TPSA) is 108 Å². The molecular weight excluding hydrogens is 506 g/mol. The largest absolute Gasteiger partial charge is 0.479 e. The van der Waals surface area contributed by atoms with Crippen LogP contribution in [-0.2, 0) is 20.9 Å². The molecule has 3 atom stereocenters.